The van der Waals surface area contributed by atoms with E-state index in [1.165, 1.54) is 10.4 Å². The molecule has 0 spiro atoms. The molecule has 0 aliphatic rings. The van der Waals surface area contributed by atoms with E-state index < -0.39 is 0 Å². The first kappa shape index (κ1) is 16.1. The Labute approximate surface area is 149 Å². The summed E-state index contributed by atoms with van der Waals surface area (Å²) in [4.78, 5) is 20.8. The molecule has 4 aromatic rings. The van der Waals surface area contributed by atoms with Crippen LogP contribution in [-0.4, -0.2) is 30.2 Å². The van der Waals surface area contributed by atoms with Gasteiger partial charge in [-0.3, -0.25) is 4.79 Å². The monoisotopic (exact) mass is 346 g/mol. The number of hydrogen-bond acceptors (Lipinski definition) is 5. The van der Waals surface area contributed by atoms with Gasteiger partial charge in [0.05, 0.1) is 10.9 Å². The van der Waals surface area contributed by atoms with Crippen LogP contribution in [0.1, 0.15) is 31.2 Å². The first-order chi connectivity index (χ1) is 12.6. The van der Waals surface area contributed by atoms with Crippen molar-refractivity contribution in [2.45, 2.75) is 26.3 Å². The van der Waals surface area contributed by atoms with Gasteiger partial charge < -0.3 is 4.98 Å². The molecule has 26 heavy (non-hydrogen) atoms. The van der Waals surface area contributed by atoms with Gasteiger partial charge in [-0.05, 0) is 28.8 Å². The van der Waals surface area contributed by atoms with Crippen molar-refractivity contribution in [1.29, 1.82) is 0 Å². The van der Waals surface area contributed by atoms with E-state index in [1.807, 2.05) is 30.3 Å². The van der Waals surface area contributed by atoms with Crippen LogP contribution in [0.5, 0.6) is 0 Å². The molecule has 0 aliphatic carbocycles. The van der Waals surface area contributed by atoms with E-state index in [0.717, 1.165) is 5.56 Å². The van der Waals surface area contributed by atoms with Crippen molar-refractivity contribution in [3.05, 3.63) is 70.3 Å². The summed E-state index contributed by atoms with van der Waals surface area (Å²) >= 11 is 0. The van der Waals surface area contributed by atoms with Gasteiger partial charge in [-0.2, -0.15) is 4.80 Å². The van der Waals surface area contributed by atoms with Crippen LogP contribution in [0.2, 0.25) is 0 Å². The lowest BCUT2D eigenvalue weighted by Gasteiger charge is -2.04. The summed E-state index contributed by atoms with van der Waals surface area (Å²) in [6.07, 6.45) is 0. The third-order valence-electron chi connectivity index (χ3n) is 4.24. The fraction of sp³-hybridized carbons (Fsp3) is 0.211. The third-order valence-corrected chi connectivity index (χ3v) is 4.24. The first-order valence-corrected chi connectivity index (χ1v) is 8.46. The van der Waals surface area contributed by atoms with E-state index in [0.29, 0.717) is 28.5 Å². The Balaban J connectivity index is 1.60. The Morgan fingerprint density at radius 1 is 1.08 bits per heavy atom. The summed E-state index contributed by atoms with van der Waals surface area (Å²) < 4.78 is 0. The van der Waals surface area contributed by atoms with Crippen LogP contribution in [0, 0.1) is 0 Å². The molecule has 130 valence electrons. The average Bonchev–Trinajstić information content (AvgIpc) is 3.10. The highest BCUT2D eigenvalue weighted by molar-refractivity contribution is 5.77. The lowest BCUT2D eigenvalue weighted by atomic mass is 10.0. The summed E-state index contributed by atoms with van der Waals surface area (Å²) in [6.45, 7) is 4.55. The van der Waals surface area contributed by atoms with E-state index in [1.54, 1.807) is 6.07 Å². The van der Waals surface area contributed by atoms with Gasteiger partial charge in [-0.15, -0.1) is 10.2 Å². The number of para-hydroxylation sites is 1. The number of hydrogen-bond donors (Lipinski definition) is 1. The molecule has 0 atom stereocenters. The average molecular weight is 346 g/mol. The van der Waals surface area contributed by atoms with Gasteiger partial charge in [-0.25, -0.2) is 4.98 Å². The maximum absolute atomic E-state index is 12.1. The molecule has 0 unspecified atom stereocenters. The lowest BCUT2D eigenvalue weighted by Crippen LogP contribution is -2.15. The molecule has 2 heterocycles. The fourth-order valence-electron chi connectivity index (χ4n) is 2.79. The molecule has 4 rings (SSSR count). The SMILES string of the molecule is CC(C)c1ccc(-c2nnn(Cc3nc4ccccc4c(=O)[nH]3)n2)cc1. The molecule has 1 N–H and O–H groups in total. The number of tetrazole rings is 1. The van der Waals surface area contributed by atoms with Crippen molar-refractivity contribution < 1.29 is 0 Å². The molecule has 0 saturated heterocycles. The standard InChI is InChI=1S/C19H18N6O/c1-12(2)13-7-9-14(10-8-13)18-22-24-25(23-18)11-17-20-16-6-4-3-5-15(16)19(26)21-17/h3-10,12H,11H2,1-2H3,(H,20,21,26). The Bertz CT molecular complexity index is 1110. The number of aromatic amines is 1. The second-order valence-corrected chi connectivity index (χ2v) is 6.45. The number of nitrogens with one attached hydrogen (secondary N) is 1. The van der Waals surface area contributed by atoms with Crippen LogP contribution in [0.15, 0.2) is 53.3 Å². The van der Waals surface area contributed by atoms with Crippen molar-refractivity contribution >= 4 is 10.9 Å². The van der Waals surface area contributed by atoms with E-state index in [9.17, 15) is 4.79 Å². The van der Waals surface area contributed by atoms with Crippen molar-refractivity contribution in [3.63, 3.8) is 0 Å². The van der Waals surface area contributed by atoms with Gasteiger partial charge in [0.25, 0.3) is 5.56 Å². The van der Waals surface area contributed by atoms with Crippen LogP contribution in [-0.2, 0) is 6.54 Å². The van der Waals surface area contributed by atoms with E-state index >= 15 is 0 Å². The highest BCUT2D eigenvalue weighted by atomic mass is 16.1. The number of aromatic nitrogens is 6. The van der Waals surface area contributed by atoms with Crippen LogP contribution in [0.3, 0.4) is 0 Å². The second kappa shape index (κ2) is 6.51. The van der Waals surface area contributed by atoms with Gasteiger partial charge in [0.15, 0.2) is 0 Å². The largest absolute Gasteiger partial charge is 0.308 e. The highest BCUT2D eigenvalue weighted by Crippen LogP contribution is 2.19. The third kappa shape index (κ3) is 3.11. The number of H-pyrrole nitrogens is 1. The number of rotatable bonds is 4. The molecule has 2 aromatic carbocycles. The van der Waals surface area contributed by atoms with Crippen LogP contribution in [0.25, 0.3) is 22.3 Å². The van der Waals surface area contributed by atoms with Gasteiger partial charge in [0.2, 0.25) is 5.82 Å². The van der Waals surface area contributed by atoms with Crippen LogP contribution >= 0.6 is 0 Å². The number of benzene rings is 2. The van der Waals surface area contributed by atoms with Crippen molar-refractivity contribution in [3.8, 4) is 11.4 Å². The minimum absolute atomic E-state index is 0.171. The van der Waals surface area contributed by atoms with Gasteiger partial charge >= 0.3 is 0 Å². The maximum atomic E-state index is 12.1. The normalized spacial score (nSPS) is 11.3. The van der Waals surface area contributed by atoms with E-state index in [-0.39, 0.29) is 12.1 Å². The molecule has 0 bridgehead atoms. The lowest BCUT2D eigenvalue weighted by molar-refractivity contribution is 0.555. The van der Waals surface area contributed by atoms with E-state index in [2.05, 4.69) is 51.4 Å². The molecule has 7 nitrogen and oxygen atoms in total. The Morgan fingerprint density at radius 3 is 2.62 bits per heavy atom. The minimum Gasteiger partial charge on any atom is -0.308 e. The first-order valence-electron chi connectivity index (χ1n) is 8.46. The molecular formula is C19H18N6O. The second-order valence-electron chi connectivity index (χ2n) is 6.45. The number of nitrogens with zero attached hydrogens (tertiary/aromatic N) is 5. The Hall–Kier alpha value is -3.35. The molecule has 7 heteroatoms. The quantitative estimate of drug-likeness (QED) is 0.614. The molecule has 0 saturated carbocycles. The smallest absolute Gasteiger partial charge is 0.258 e. The Morgan fingerprint density at radius 2 is 1.85 bits per heavy atom. The molecule has 0 radical (unpaired) electrons. The fourth-order valence-corrected chi connectivity index (χ4v) is 2.79. The van der Waals surface area contributed by atoms with Gasteiger partial charge in [0.1, 0.15) is 12.4 Å². The predicted octanol–water partition coefficient (Wildman–Crippen LogP) is 2.75. The molecular weight excluding hydrogens is 328 g/mol. The summed E-state index contributed by atoms with van der Waals surface area (Å²) in [5, 5.41) is 13.1. The molecule has 2 aromatic heterocycles. The van der Waals surface area contributed by atoms with Crippen molar-refractivity contribution in [2.75, 3.05) is 0 Å². The summed E-state index contributed by atoms with van der Waals surface area (Å²) in [5.41, 5.74) is 2.64. The zero-order valence-electron chi connectivity index (χ0n) is 14.5. The van der Waals surface area contributed by atoms with Gasteiger partial charge in [-0.1, -0.05) is 50.2 Å². The predicted molar refractivity (Wildman–Crippen MR) is 98.8 cm³/mol. The molecule has 0 amide bonds. The zero-order valence-corrected chi connectivity index (χ0v) is 14.5. The van der Waals surface area contributed by atoms with Crippen LogP contribution < -0.4 is 5.56 Å². The molecule has 0 fully saturated rings. The topological polar surface area (TPSA) is 89.4 Å². The summed E-state index contributed by atoms with van der Waals surface area (Å²) in [7, 11) is 0. The van der Waals surface area contributed by atoms with Crippen LogP contribution in [0.4, 0.5) is 0 Å². The maximum Gasteiger partial charge on any atom is 0.258 e. The van der Waals surface area contributed by atoms with Gasteiger partial charge in [0, 0.05) is 5.56 Å². The Kier molecular flexibility index (Phi) is 4.04. The van der Waals surface area contributed by atoms with Crippen molar-refractivity contribution in [2.24, 2.45) is 0 Å². The minimum atomic E-state index is -0.171. The summed E-state index contributed by atoms with van der Waals surface area (Å²) in [5.74, 6) is 1.51. The highest BCUT2D eigenvalue weighted by Gasteiger charge is 2.09. The summed E-state index contributed by atoms with van der Waals surface area (Å²) in [6, 6.07) is 15.4. The molecule has 0 aliphatic heterocycles. The van der Waals surface area contributed by atoms with Crippen molar-refractivity contribution in [1.82, 2.24) is 30.2 Å². The van der Waals surface area contributed by atoms with E-state index in [4.69, 9.17) is 0 Å². The number of fused-ring (bicyclic) bond motifs is 1. The zero-order chi connectivity index (χ0) is 18.1.